The van der Waals surface area contributed by atoms with E-state index in [-0.39, 0.29) is 11.8 Å². The summed E-state index contributed by atoms with van der Waals surface area (Å²) >= 11 is 0. The number of furan rings is 1. The Morgan fingerprint density at radius 3 is 2.63 bits per heavy atom. The number of carbonyl (C=O) groups is 2. The van der Waals surface area contributed by atoms with Crippen LogP contribution in [0.2, 0.25) is 0 Å². The molecule has 0 saturated heterocycles. The molecule has 2 amide bonds. The zero-order valence-electron chi connectivity index (χ0n) is 17.7. The quantitative estimate of drug-likeness (QED) is 0.697. The molecule has 2 aromatic heterocycles. The highest BCUT2D eigenvalue weighted by Gasteiger charge is 2.44. The van der Waals surface area contributed by atoms with E-state index >= 15 is 0 Å². The number of hydrogen-bond donors (Lipinski definition) is 1. The van der Waals surface area contributed by atoms with Gasteiger partial charge in [-0.3, -0.25) is 14.6 Å². The lowest BCUT2D eigenvalue weighted by molar-refractivity contribution is -0.122. The molecular formula is C24H25N3O3. The summed E-state index contributed by atoms with van der Waals surface area (Å²) in [5, 5.41) is 2.88. The van der Waals surface area contributed by atoms with Gasteiger partial charge in [0.1, 0.15) is 11.5 Å². The number of benzene rings is 1. The minimum Gasteiger partial charge on any atom is -0.465 e. The van der Waals surface area contributed by atoms with Crippen molar-refractivity contribution in [2.24, 2.45) is 0 Å². The fourth-order valence-corrected chi connectivity index (χ4v) is 3.88. The Hall–Kier alpha value is -3.41. The van der Waals surface area contributed by atoms with E-state index in [0.29, 0.717) is 24.4 Å². The number of aromatic nitrogens is 1. The minimum atomic E-state index is -0.641. The molecule has 154 valence electrons. The maximum absolute atomic E-state index is 13.2. The van der Waals surface area contributed by atoms with E-state index in [1.165, 1.54) is 0 Å². The second kappa shape index (κ2) is 7.44. The topological polar surface area (TPSA) is 75.4 Å². The van der Waals surface area contributed by atoms with Crippen LogP contribution in [0.15, 0.2) is 53.1 Å². The fraction of sp³-hybridized carbons (Fsp3) is 0.292. The molecule has 0 spiro atoms. The normalized spacial score (nSPS) is 14.7. The first-order valence-corrected chi connectivity index (χ1v) is 9.97. The maximum atomic E-state index is 13.2. The van der Waals surface area contributed by atoms with Gasteiger partial charge in [-0.2, -0.15) is 0 Å². The van der Waals surface area contributed by atoms with Crippen LogP contribution in [0.1, 0.15) is 52.5 Å². The van der Waals surface area contributed by atoms with Gasteiger partial charge in [0.05, 0.1) is 18.5 Å². The maximum Gasteiger partial charge on any atom is 0.251 e. The highest BCUT2D eigenvalue weighted by Crippen LogP contribution is 2.42. The zero-order chi connectivity index (χ0) is 21.5. The Morgan fingerprint density at radius 1 is 1.13 bits per heavy atom. The average molecular weight is 403 g/mol. The molecule has 0 bridgehead atoms. The minimum absolute atomic E-state index is 0.0237. The van der Waals surface area contributed by atoms with Crippen molar-refractivity contribution in [2.45, 2.75) is 46.2 Å². The third-order valence-electron chi connectivity index (χ3n) is 5.52. The zero-order valence-corrected chi connectivity index (χ0v) is 17.7. The smallest absolute Gasteiger partial charge is 0.251 e. The van der Waals surface area contributed by atoms with Crippen LogP contribution >= 0.6 is 0 Å². The number of nitrogens with one attached hydrogen (secondary N) is 1. The van der Waals surface area contributed by atoms with Gasteiger partial charge >= 0.3 is 0 Å². The number of anilines is 1. The SMILES string of the molecule is Cc1cc(CN2C(=O)C(C)(C)c3ccc(C(=O)NCc4ccc(C)o4)cc32)ccn1. The molecule has 0 atom stereocenters. The molecule has 3 heterocycles. The Labute approximate surface area is 175 Å². The van der Waals surface area contributed by atoms with Crippen molar-refractivity contribution in [3.05, 3.63) is 82.6 Å². The molecule has 1 aromatic carbocycles. The van der Waals surface area contributed by atoms with Crippen LogP contribution < -0.4 is 10.2 Å². The lowest BCUT2D eigenvalue weighted by Crippen LogP contribution is -2.35. The first-order chi connectivity index (χ1) is 14.3. The van der Waals surface area contributed by atoms with Crippen LogP contribution in [0.4, 0.5) is 5.69 Å². The molecule has 3 aromatic rings. The molecule has 0 aliphatic carbocycles. The Kier molecular flexibility index (Phi) is 4.94. The number of nitrogens with zero attached hydrogens (tertiary/aromatic N) is 2. The summed E-state index contributed by atoms with van der Waals surface area (Å²) < 4.78 is 5.51. The largest absolute Gasteiger partial charge is 0.465 e. The molecule has 30 heavy (non-hydrogen) atoms. The van der Waals surface area contributed by atoms with Crippen molar-refractivity contribution in [3.63, 3.8) is 0 Å². The van der Waals surface area contributed by atoms with Gasteiger partial charge in [0.25, 0.3) is 5.91 Å². The molecule has 1 aliphatic heterocycles. The molecule has 0 unspecified atom stereocenters. The highest BCUT2D eigenvalue weighted by atomic mass is 16.3. The summed E-state index contributed by atoms with van der Waals surface area (Å²) in [6, 6.07) is 13.1. The van der Waals surface area contributed by atoms with Gasteiger partial charge in [-0.15, -0.1) is 0 Å². The highest BCUT2D eigenvalue weighted by molar-refractivity contribution is 6.08. The van der Waals surface area contributed by atoms with Gasteiger partial charge < -0.3 is 14.6 Å². The van der Waals surface area contributed by atoms with E-state index in [1.807, 2.05) is 58.0 Å². The Morgan fingerprint density at radius 2 is 1.93 bits per heavy atom. The van der Waals surface area contributed by atoms with Crippen LogP contribution in [-0.4, -0.2) is 16.8 Å². The van der Waals surface area contributed by atoms with Crippen molar-refractivity contribution in [1.82, 2.24) is 10.3 Å². The number of carbonyl (C=O) groups excluding carboxylic acids is 2. The molecule has 1 N–H and O–H groups in total. The van der Waals surface area contributed by atoms with Gasteiger partial charge in [0.15, 0.2) is 0 Å². The van der Waals surface area contributed by atoms with E-state index in [1.54, 1.807) is 23.2 Å². The van der Waals surface area contributed by atoms with E-state index in [9.17, 15) is 9.59 Å². The first-order valence-electron chi connectivity index (χ1n) is 9.97. The molecular weight excluding hydrogens is 378 g/mol. The van der Waals surface area contributed by atoms with Crippen molar-refractivity contribution < 1.29 is 14.0 Å². The monoisotopic (exact) mass is 403 g/mol. The second-order valence-electron chi connectivity index (χ2n) is 8.25. The van der Waals surface area contributed by atoms with Crippen molar-refractivity contribution in [3.8, 4) is 0 Å². The number of aryl methyl sites for hydroxylation is 2. The van der Waals surface area contributed by atoms with E-state index in [2.05, 4.69) is 10.3 Å². The van der Waals surface area contributed by atoms with Gasteiger partial charge in [-0.1, -0.05) is 6.07 Å². The predicted molar refractivity (Wildman–Crippen MR) is 114 cm³/mol. The van der Waals surface area contributed by atoms with Gasteiger partial charge in [0, 0.05) is 23.1 Å². The third-order valence-corrected chi connectivity index (χ3v) is 5.52. The van der Waals surface area contributed by atoms with Gasteiger partial charge in [-0.25, -0.2) is 0 Å². The summed E-state index contributed by atoms with van der Waals surface area (Å²) in [4.78, 5) is 31.9. The molecule has 0 saturated carbocycles. The number of hydrogen-bond acceptors (Lipinski definition) is 4. The first kappa shape index (κ1) is 19.9. The lowest BCUT2D eigenvalue weighted by Gasteiger charge is -2.20. The van der Waals surface area contributed by atoms with Crippen LogP contribution in [0.25, 0.3) is 0 Å². The molecule has 1 aliphatic rings. The van der Waals surface area contributed by atoms with Gasteiger partial charge in [0.2, 0.25) is 5.91 Å². The van der Waals surface area contributed by atoms with Crippen LogP contribution in [0, 0.1) is 13.8 Å². The molecule has 6 nitrogen and oxygen atoms in total. The standard InChI is InChI=1S/C24H25N3O3/c1-15-11-17(9-10-25-15)14-27-21-12-18(6-8-20(21)24(3,4)23(27)29)22(28)26-13-19-7-5-16(2)30-19/h5-12H,13-14H2,1-4H3,(H,26,28). The predicted octanol–water partition coefficient (Wildman–Crippen LogP) is 4.05. The van der Waals surface area contributed by atoms with E-state index in [4.69, 9.17) is 4.42 Å². The summed E-state index contributed by atoms with van der Waals surface area (Å²) in [5.41, 5.74) is 3.48. The number of pyridine rings is 1. The second-order valence-corrected chi connectivity index (χ2v) is 8.25. The molecule has 6 heteroatoms. The van der Waals surface area contributed by atoms with Crippen LogP contribution in [-0.2, 0) is 23.3 Å². The third kappa shape index (κ3) is 3.61. The van der Waals surface area contributed by atoms with E-state index < -0.39 is 5.41 Å². The van der Waals surface area contributed by atoms with Crippen molar-refractivity contribution >= 4 is 17.5 Å². The number of fused-ring (bicyclic) bond motifs is 1. The van der Waals surface area contributed by atoms with Crippen LogP contribution in [0.3, 0.4) is 0 Å². The molecule has 0 radical (unpaired) electrons. The number of amides is 2. The summed E-state index contributed by atoms with van der Waals surface area (Å²) in [6.07, 6.45) is 1.75. The van der Waals surface area contributed by atoms with Crippen molar-refractivity contribution in [2.75, 3.05) is 4.90 Å². The Balaban J connectivity index is 1.60. The van der Waals surface area contributed by atoms with Gasteiger partial charge in [-0.05, 0) is 75.2 Å². The van der Waals surface area contributed by atoms with Crippen molar-refractivity contribution in [1.29, 1.82) is 0 Å². The van der Waals surface area contributed by atoms with E-state index in [0.717, 1.165) is 28.3 Å². The average Bonchev–Trinajstić information content (AvgIpc) is 3.21. The summed E-state index contributed by atoms with van der Waals surface area (Å²) in [7, 11) is 0. The summed E-state index contributed by atoms with van der Waals surface area (Å²) in [6.45, 7) is 8.39. The lowest BCUT2D eigenvalue weighted by atomic mass is 9.86. The number of rotatable bonds is 5. The molecule has 4 rings (SSSR count). The summed E-state index contributed by atoms with van der Waals surface area (Å²) in [5.74, 6) is 1.33. The fourth-order valence-electron chi connectivity index (χ4n) is 3.88. The Bertz CT molecular complexity index is 1130. The van der Waals surface area contributed by atoms with Crippen LogP contribution in [0.5, 0.6) is 0 Å². The molecule has 0 fully saturated rings.